The number of amides is 1. The first-order chi connectivity index (χ1) is 12.6. The number of fused-ring (bicyclic) bond motifs is 1. The summed E-state index contributed by atoms with van der Waals surface area (Å²) in [4.78, 5) is 24.5. The molecule has 0 aliphatic rings. The third-order valence-corrected chi connectivity index (χ3v) is 3.99. The number of alkyl halides is 3. The number of anilines is 1. The number of hydrogen-bond acceptors (Lipinski definition) is 3. The lowest BCUT2D eigenvalue weighted by Crippen LogP contribution is -2.30. The highest BCUT2D eigenvalue weighted by Crippen LogP contribution is 2.35. The van der Waals surface area contributed by atoms with Crippen LogP contribution in [0.3, 0.4) is 0 Å². The van der Waals surface area contributed by atoms with Crippen LogP contribution < -0.4 is 10.9 Å². The first-order valence-corrected chi connectivity index (χ1v) is 7.77. The molecule has 10 heteroatoms. The number of aryl methyl sites for hydroxylation is 2. The minimum Gasteiger partial charge on any atom is -0.325 e. The fraction of sp³-hybridized carbons (Fsp3) is 0.235. The van der Waals surface area contributed by atoms with Crippen LogP contribution in [0.4, 0.5) is 23.2 Å². The predicted molar refractivity (Wildman–Crippen MR) is 89.7 cm³/mol. The summed E-state index contributed by atoms with van der Waals surface area (Å²) < 4.78 is 54.9. The molecular weight excluding hydrogens is 368 g/mol. The van der Waals surface area contributed by atoms with Gasteiger partial charge in [-0.3, -0.25) is 18.8 Å². The molecule has 0 aliphatic carbocycles. The lowest BCUT2D eigenvalue weighted by atomic mass is 10.1. The Bertz CT molecular complexity index is 1080. The molecule has 2 heterocycles. The summed E-state index contributed by atoms with van der Waals surface area (Å²) in [6.45, 7) is 0.870. The highest BCUT2D eigenvalue weighted by molar-refractivity contribution is 5.92. The van der Waals surface area contributed by atoms with Crippen molar-refractivity contribution in [3.63, 3.8) is 0 Å². The number of carbonyl (C=O) groups is 1. The van der Waals surface area contributed by atoms with Crippen LogP contribution in [0.2, 0.25) is 0 Å². The quantitative estimate of drug-likeness (QED) is 0.709. The van der Waals surface area contributed by atoms with Gasteiger partial charge in [-0.15, -0.1) is 0 Å². The van der Waals surface area contributed by atoms with Crippen LogP contribution in [0.25, 0.3) is 11.0 Å². The van der Waals surface area contributed by atoms with Crippen molar-refractivity contribution < 1.29 is 22.4 Å². The Kier molecular flexibility index (Phi) is 4.50. The fourth-order valence-corrected chi connectivity index (χ4v) is 2.90. The highest BCUT2D eigenvalue weighted by atomic mass is 19.4. The minimum absolute atomic E-state index is 0.0903. The van der Waals surface area contributed by atoms with Gasteiger partial charge in [-0.05, 0) is 31.2 Å². The Labute approximate surface area is 150 Å². The summed E-state index contributed by atoms with van der Waals surface area (Å²) in [5.74, 6) is -1.14. The molecule has 0 bridgehead atoms. The Morgan fingerprint density at radius 1 is 1.22 bits per heavy atom. The molecule has 0 unspecified atom stereocenters. The number of hydrogen-bond donors (Lipinski definition) is 1. The molecule has 0 spiro atoms. The second kappa shape index (κ2) is 6.53. The largest absolute Gasteiger partial charge is 0.417 e. The maximum absolute atomic E-state index is 13.3. The molecule has 27 heavy (non-hydrogen) atoms. The minimum atomic E-state index is -4.74. The van der Waals surface area contributed by atoms with Crippen LogP contribution >= 0.6 is 0 Å². The summed E-state index contributed by atoms with van der Waals surface area (Å²) in [5.41, 5.74) is -1.80. The Morgan fingerprint density at radius 2 is 1.85 bits per heavy atom. The molecule has 0 radical (unpaired) electrons. The molecular formula is C17H14F4N4O2. The maximum Gasteiger partial charge on any atom is 0.417 e. The van der Waals surface area contributed by atoms with Gasteiger partial charge >= 0.3 is 6.18 Å². The fourth-order valence-electron chi connectivity index (χ4n) is 2.90. The van der Waals surface area contributed by atoms with E-state index in [1.165, 1.54) is 26.1 Å². The van der Waals surface area contributed by atoms with Crippen molar-refractivity contribution in [2.75, 3.05) is 5.32 Å². The number of benzene rings is 1. The van der Waals surface area contributed by atoms with E-state index in [1.807, 2.05) is 0 Å². The molecule has 0 aliphatic heterocycles. The number of nitrogens with one attached hydrogen (secondary N) is 1. The van der Waals surface area contributed by atoms with Gasteiger partial charge in [0.15, 0.2) is 0 Å². The van der Waals surface area contributed by atoms with E-state index in [0.717, 1.165) is 21.4 Å². The second-order valence-corrected chi connectivity index (χ2v) is 5.94. The number of carbonyl (C=O) groups excluding carboxylic acids is 1. The van der Waals surface area contributed by atoms with Crippen LogP contribution in [0.5, 0.6) is 0 Å². The van der Waals surface area contributed by atoms with Crippen molar-refractivity contribution in [1.29, 1.82) is 0 Å². The summed E-state index contributed by atoms with van der Waals surface area (Å²) in [7, 11) is 1.39. The monoisotopic (exact) mass is 382 g/mol. The van der Waals surface area contributed by atoms with Gasteiger partial charge in [0.1, 0.15) is 18.0 Å². The highest BCUT2D eigenvalue weighted by Gasteiger charge is 2.36. The predicted octanol–water partition coefficient (Wildman–Crippen LogP) is 2.84. The van der Waals surface area contributed by atoms with Crippen LogP contribution in [0, 0.1) is 12.7 Å². The topological polar surface area (TPSA) is 68.9 Å². The van der Waals surface area contributed by atoms with Crippen molar-refractivity contribution in [2.24, 2.45) is 7.05 Å². The van der Waals surface area contributed by atoms with Crippen molar-refractivity contribution in [3.8, 4) is 0 Å². The summed E-state index contributed by atoms with van der Waals surface area (Å²) in [6.07, 6.45) is -4.74. The van der Waals surface area contributed by atoms with E-state index >= 15 is 0 Å². The first-order valence-electron chi connectivity index (χ1n) is 7.77. The lowest BCUT2D eigenvalue weighted by Gasteiger charge is -2.13. The molecule has 0 saturated heterocycles. The summed E-state index contributed by atoms with van der Waals surface area (Å²) >= 11 is 0. The van der Waals surface area contributed by atoms with Crippen molar-refractivity contribution >= 4 is 22.6 Å². The van der Waals surface area contributed by atoms with Gasteiger partial charge in [0, 0.05) is 18.8 Å². The normalized spacial score (nSPS) is 11.8. The van der Waals surface area contributed by atoms with Gasteiger partial charge < -0.3 is 5.32 Å². The molecule has 1 N–H and O–H groups in total. The number of nitrogens with zero attached hydrogens (tertiary/aromatic N) is 3. The van der Waals surface area contributed by atoms with E-state index in [1.54, 1.807) is 0 Å². The molecule has 142 valence electrons. The summed E-state index contributed by atoms with van der Waals surface area (Å²) in [6, 6.07) is 5.40. The molecule has 3 aromatic rings. The van der Waals surface area contributed by atoms with Crippen LogP contribution in [-0.2, 0) is 24.6 Å². The zero-order valence-corrected chi connectivity index (χ0v) is 14.3. The molecule has 6 nitrogen and oxygen atoms in total. The van der Waals surface area contributed by atoms with Gasteiger partial charge in [0.2, 0.25) is 5.91 Å². The van der Waals surface area contributed by atoms with Crippen LogP contribution in [-0.4, -0.2) is 20.3 Å². The molecule has 0 atom stereocenters. The van der Waals surface area contributed by atoms with Gasteiger partial charge in [0.25, 0.3) is 5.56 Å². The van der Waals surface area contributed by atoms with Crippen molar-refractivity contribution in [1.82, 2.24) is 14.3 Å². The summed E-state index contributed by atoms with van der Waals surface area (Å²) in [5, 5.41) is 6.18. The number of halogens is 4. The smallest absolute Gasteiger partial charge is 0.325 e. The van der Waals surface area contributed by atoms with Crippen molar-refractivity contribution in [3.05, 3.63) is 57.8 Å². The average Bonchev–Trinajstić information content (AvgIpc) is 2.85. The van der Waals surface area contributed by atoms with Crippen LogP contribution in [0.1, 0.15) is 11.3 Å². The molecule has 2 aromatic heterocycles. The Balaban J connectivity index is 2.04. The molecule has 1 aromatic carbocycles. The van der Waals surface area contributed by atoms with Gasteiger partial charge in [0.05, 0.1) is 16.6 Å². The van der Waals surface area contributed by atoms with Gasteiger partial charge in [-0.2, -0.15) is 18.3 Å². The third kappa shape index (κ3) is 3.55. The average molecular weight is 382 g/mol. The van der Waals surface area contributed by atoms with E-state index in [0.29, 0.717) is 11.8 Å². The number of rotatable bonds is 3. The Hall–Kier alpha value is -3.17. The van der Waals surface area contributed by atoms with Crippen LogP contribution in [0.15, 0.2) is 35.1 Å². The van der Waals surface area contributed by atoms with E-state index in [4.69, 9.17) is 0 Å². The second-order valence-electron chi connectivity index (χ2n) is 5.94. The van der Waals surface area contributed by atoms with Gasteiger partial charge in [-0.25, -0.2) is 4.39 Å². The SMILES string of the molecule is Cc1nn(C)c2c1c(C(F)(F)F)cc(=O)n2CC(=O)Nc1ccc(F)cc1. The molecule has 0 fully saturated rings. The van der Waals surface area contributed by atoms with Crippen molar-refractivity contribution in [2.45, 2.75) is 19.6 Å². The molecule has 1 amide bonds. The molecule has 3 rings (SSSR count). The Morgan fingerprint density at radius 3 is 2.44 bits per heavy atom. The number of pyridine rings is 1. The van der Waals surface area contributed by atoms with E-state index in [-0.39, 0.29) is 16.7 Å². The zero-order valence-electron chi connectivity index (χ0n) is 14.3. The van der Waals surface area contributed by atoms with E-state index < -0.39 is 35.6 Å². The van der Waals surface area contributed by atoms with E-state index in [2.05, 4.69) is 10.4 Å². The van der Waals surface area contributed by atoms with Gasteiger partial charge in [-0.1, -0.05) is 0 Å². The standard InChI is InChI=1S/C17H14F4N4O2/c1-9-15-12(17(19,20)21)7-14(27)25(16(15)24(2)23-9)8-13(26)22-11-5-3-10(18)4-6-11/h3-7H,8H2,1-2H3,(H,22,26). The third-order valence-electron chi connectivity index (χ3n) is 3.99. The lowest BCUT2D eigenvalue weighted by molar-refractivity contribution is -0.136. The number of aromatic nitrogens is 3. The first kappa shape index (κ1) is 18.6. The maximum atomic E-state index is 13.3. The molecule has 0 saturated carbocycles. The zero-order chi connectivity index (χ0) is 19.9. The van der Waals surface area contributed by atoms with E-state index in [9.17, 15) is 27.2 Å².